The van der Waals surface area contributed by atoms with Gasteiger partial charge in [0, 0.05) is 198 Å². The molecule has 0 fully saturated rings. The van der Waals surface area contributed by atoms with Gasteiger partial charge in [-0.2, -0.15) is 0 Å². The maximum Gasteiger partial charge on any atom is 0.291 e. The Balaban J connectivity index is 0.598. The number of nitrogens with zero attached hydrogens (tertiary/aromatic N) is 13. The summed E-state index contributed by atoms with van der Waals surface area (Å²) in [5, 5.41) is 40.7. The molecule has 0 saturated heterocycles. The van der Waals surface area contributed by atoms with E-state index in [0.717, 1.165) is 13.0 Å². The summed E-state index contributed by atoms with van der Waals surface area (Å²) in [6, 6.07) is 11.7. The fourth-order valence-electron chi connectivity index (χ4n) is 12.7. The van der Waals surface area contributed by atoms with Gasteiger partial charge in [0.1, 0.15) is 45.6 Å². The third-order valence-corrected chi connectivity index (χ3v) is 18.6. The van der Waals surface area contributed by atoms with Crippen molar-refractivity contribution < 1.29 is 71.9 Å². The van der Waals surface area contributed by atoms with E-state index >= 15 is 0 Å². The van der Waals surface area contributed by atoms with Crippen LogP contribution in [0.1, 0.15) is 151 Å². The molecule has 10 aromatic rings. The molecule has 0 spiro atoms. The van der Waals surface area contributed by atoms with Gasteiger partial charge in [-0.1, -0.05) is 0 Å². The Bertz CT molecular complexity index is 5680. The molecule has 10 rings (SSSR count). The maximum atomic E-state index is 13.6. The van der Waals surface area contributed by atoms with Crippen molar-refractivity contribution in [2.75, 3.05) is 107 Å². The first-order chi connectivity index (χ1) is 57.4. The molecule has 0 aliphatic carbocycles. The lowest BCUT2D eigenvalue weighted by Crippen LogP contribution is -2.32. The van der Waals surface area contributed by atoms with Gasteiger partial charge < -0.3 is 130 Å². The molecule has 15 N–H and O–H groups in total. The first-order valence-electron chi connectivity index (χ1n) is 37.9. The minimum Gasteiger partial charge on any atom is -0.356 e. The molecule has 0 aliphatic heterocycles. The Morgan fingerprint density at radius 1 is 0.264 bits per heavy atom. The molecule has 43 heteroatoms. The van der Waals surface area contributed by atoms with Gasteiger partial charge in [-0.05, 0) is 82.0 Å². The van der Waals surface area contributed by atoms with E-state index in [9.17, 15) is 71.9 Å². The normalized spacial score (nSPS) is 11.0. The van der Waals surface area contributed by atoms with Crippen LogP contribution in [-0.4, -0.2) is 203 Å². The van der Waals surface area contributed by atoms with E-state index < -0.39 is 76.8 Å². The second-order valence-corrected chi connectivity index (χ2v) is 28.9. The van der Waals surface area contributed by atoms with Gasteiger partial charge in [-0.3, -0.25) is 71.9 Å². The zero-order chi connectivity index (χ0) is 87.8. The van der Waals surface area contributed by atoms with Crippen LogP contribution in [-0.2, 0) is 94.4 Å². The molecule has 0 radical (unpaired) electrons. The molecule has 0 bridgehead atoms. The highest BCUT2D eigenvalue weighted by Gasteiger charge is 2.26. The first kappa shape index (κ1) is 88.0. The lowest BCUT2D eigenvalue weighted by Gasteiger charge is -2.10. The van der Waals surface area contributed by atoms with Crippen molar-refractivity contribution in [3.05, 3.63) is 168 Å². The van der Waals surface area contributed by atoms with Crippen LogP contribution < -0.4 is 79.8 Å². The number of carbonyl (C=O) groups excluding carboxylic acids is 15. The van der Waals surface area contributed by atoms with Crippen LogP contribution in [0.3, 0.4) is 0 Å². The smallest absolute Gasteiger partial charge is 0.291 e. The maximum absolute atomic E-state index is 13.6. The molecule has 0 aromatic carbocycles. The van der Waals surface area contributed by atoms with Gasteiger partial charge in [0.25, 0.3) is 59.1 Å². The van der Waals surface area contributed by atoms with Crippen LogP contribution in [0.5, 0.6) is 0 Å². The summed E-state index contributed by atoms with van der Waals surface area (Å²) in [6.45, 7) is 2.79. The van der Waals surface area contributed by atoms with Crippen molar-refractivity contribution in [1.82, 2.24) is 87.1 Å². The predicted molar refractivity (Wildman–Crippen MR) is 446 cm³/mol. The van der Waals surface area contributed by atoms with E-state index in [4.69, 9.17) is 0 Å². The monoisotopic (exact) mass is 1660 g/mol. The summed E-state index contributed by atoms with van der Waals surface area (Å²) < 4.78 is 14.8. The molecule has 0 unspecified atom stereocenters. The lowest BCUT2D eigenvalue weighted by molar-refractivity contribution is -0.121. The van der Waals surface area contributed by atoms with E-state index in [1.165, 1.54) is 134 Å². The van der Waals surface area contributed by atoms with Gasteiger partial charge >= 0.3 is 0 Å². The zero-order valence-corrected chi connectivity index (χ0v) is 68.8. The minimum atomic E-state index is -0.664. The van der Waals surface area contributed by atoms with Crippen molar-refractivity contribution in [1.29, 1.82) is 0 Å². The molecule has 10 heterocycles. The molecule has 0 saturated carbocycles. The highest BCUT2D eigenvalue weighted by Crippen LogP contribution is 2.25. The average Bonchev–Trinajstić information content (AvgIpc) is 1.69. The summed E-state index contributed by atoms with van der Waals surface area (Å²) >= 11 is 0. The van der Waals surface area contributed by atoms with Crippen LogP contribution in [0.15, 0.2) is 110 Å². The highest BCUT2D eigenvalue weighted by atomic mass is 16.2. The van der Waals surface area contributed by atoms with E-state index in [1.807, 2.05) is 19.0 Å². The van der Waals surface area contributed by atoms with Gasteiger partial charge in [0.15, 0.2) is 11.6 Å². The fourth-order valence-corrected chi connectivity index (χ4v) is 12.7. The number of carbonyl (C=O) groups is 15. The predicted octanol–water partition coefficient (Wildman–Crippen LogP) is 3.19. The molecule has 121 heavy (non-hydrogen) atoms. The first-order valence-corrected chi connectivity index (χ1v) is 37.9. The van der Waals surface area contributed by atoms with Crippen LogP contribution in [0, 0.1) is 0 Å². The number of aryl methyl sites for hydroxylation is 10. The minimum absolute atomic E-state index is 0.0105. The molecule has 638 valence electrons. The Morgan fingerprint density at radius 3 is 0.851 bits per heavy atom. The van der Waals surface area contributed by atoms with Crippen LogP contribution >= 0.6 is 0 Å². The van der Waals surface area contributed by atoms with Gasteiger partial charge in [-0.25, -0.2) is 9.97 Å². The zero-order valence-electron chi connectivity index (χ0n) is 68.8. The SMILES string of the molecule is CC(=O)Nc1cc(C(=O)Nc2cc(C(=O)NCCC(=O)Nc3cc(C(=O)Nc4cn(C)c(C(=O)Nc5cc(C(=O)NCCCC(=O)Nc6cc(C(=O)Nc7cc(C(=O)Nc8cc(C(=O)NCCC(=O)Nc9cn(C)c(C(=O)Nc%10cc(C(=O)NCCC(=O)NCCCN(C)C)n(C)c%10)n9)n(C)c8)n(C)c7)n(C)c6)n(C)c5)n4)n(C)c3)n(C)c2)n(C)c1. The van der Waals surface area contributed by atoms with E-state index in [1.54, 1.807) is 99.8 Å². The molecule has 0 aliphatic rings. The van der Waals surface area contributed by atoms with Gasteiger partial charge in [0.05, 0.1) is 45.5 Å². The number of imidazole rings is 2. The Hall–Kier alpha value is -15.3. The number of nitrogens with one attached hydrogen (secondary N) is 15. The number of hydrogen-bond acceptors (Lipinski definition) is 18. The number of hydrogen-bond donors (Lipinski definition) is 15. The van der Waals surface area contributed by atoms with Crippen molar-refractivity contribution in [2.45, 2.75) is 45.4 Å². The van der Waals surface area contributed by atoms with E-state index in [2.05, 4.69) is 89.7 Å². The van der Waals surface area contributed by atoms with Crippen LogP contribution in [0.4, 0.5) is 57.1 Å². The second kappa shape index (κ2) is 39.1. The highest BCUT2D eigenvalue weighted by molar-refractivity contribution is 6.10. The van der Waals surface area contributed by atoms with Crippen molar-refractivity contribution >= 4 is 146 Å². The van der Waals surface area contributed by atoms with Crippen molar-refractivity contribution in [3.63, 3.8) is 0 Å². The third kappa shape index (κ3) is 23.5. The molecule has 10 aromatic heterocycles. The summed E-state index contributed by atoms with van der Waals surface area (Å²) in [5.41, 5.74) is 4.00. The third-order valence-electron chi connectivity index (χ3n) is 18.6. The van der Waals surface area contributed by atoms with Crippen molar-refractivity contribution in [3.8, 4) is 0 Å². The Morgan fingerprint density at radius 2 is 0.521 bits per heavy atom. The molecule has 43 nitrogen and oxygen atoms in total. The topological polar surface area (TPSA) is 515 Å². The molecular formula is C78H96N28O15. The largest absolute Gasteiger partial charge is 0.356 e. The van der Waals surface area contributed by atoms with Crippen LogP contribution in [0.25, 0.3) is 0 Å². The molecule has 15 amide bonds. The number of rotatable bonds is 37. The van der Waals surface area contributed by atoms with Crippen LogP contribution in [0.2, 0.25) is 0 Å². The standard InChI is InChI=1S/C78H96N28O15/c1-44(107)84-45-26-57(101(8)34-45)73(116)87-48-29-54(97(4)37-48)71(114)82-23-18-65(110)86-47-28-60(103(10)36-47)76(119)95-62-43-106(13)68(94-62)78(121)91-51-31-53(99(6)40-51)69(112)80-20-14-16-64(109)85-46-27-58(102(9)35-46)74(117)89-50-33-59(104(11)39-50)75(118)88-49-30-55(98(5)38-49)72(115)83-24-19-66(111)92-61-42-105(12)67(93-61)77(120)90-52-32-56(100(7)41-52)70(113)81-22-17-63(108)79-21-15-25-96(2)3/h26-43H,14-25H2,1-13H3,(H,79,108)(H,80,112)(H,81,113)(H,82,114)(H,83,115)(H,84,107)(H,85,109)(H,86,110)(H,87,116)(H,88,118)(H,89,117)(H,90,120)(H,91,121)(H,92,111)(H,95,119). The van der Waals surface area contributed by atoms with E-state index in [0.29, 0.717) is 29.3 Å². The average molecular weight is 1670 g/mol. The van der Waals surface area contributed by atoms with Gasteiger partial charge in [0.2, 0.25) is 41.2 Å². The summed E-state index contributed by atoms with van der Waals surface area (Å²) in [4.78, 5) is 206. The number of amides is 15. The fraction of sp³-hybridized carbons (Fsp3) is 0.321. The summed E-state index contributed by atoms with van der Waals surface area (Å²) in [5.74, 6) is -7.36. The van der Waals surface area contributed by atoms with Crippen molar-refractivity contribution in [2.24, 2.45) is 70.5 Å². The number of aromatic nitrogens is 12. The molecule has 0 atom stereocenters. The lowest BCUT2D eigenvalue weighted by atomic mass is 10.2. The van der Waals surface area contributed by atoms with E-state index in [-0.39, 0.29) is 162 Å². The summed E-state index contributed by atoms with van der Waals surface area (Å²) in [6.07, 6.45) is 16.0. The Labute approximate surface area is 692 Å². The Kier molecular flexibility index (Phi) is 28.4. The second-order valence-electron chi connectivity index (χ2n) is 28.9. The van der Waals surface area contributed by atoms with Gasteiger partial charge in [-0.15, -0.1) is 0 Å². The summed E-state index contributed by atoms with van der Waals surface area (Å²) in [7, 11) is 19.9. The molecular weight excluding hydrogens is 1570 g/mol. The quantitative estimate of drug-likeness (QED) is 0.0249. The number of anilines is 10.